The van der Waals surface area contributed by atoms with Gasteiger partial charge >= 0.3 is 0 Å². The number of nitrogens with two attached hydrogens (primary N) is 1. The van der Waals surface area contributed by atoms with Crippen molar-refractivity contribution in [3.8, 4) is 0 Å². The second-order valence-electron chi connectivity index (χ2n) is 4.27. The Labute approximate surface area is 141 Å². The molecule has 2 N–H and O–H groups in total. The number of carbonyl (C=O) groups is 1. The summed E-state index contributed by atoms with van der Waals surface area (Å²) in [5, 5.41) is 0. The Morgan fingerprint density at radius 1 is 1.58 bits per heavy atom. The molecule has 6 heteroatoms. The van der Waals surface area contributed by atoms with Crippen LogP contribution in [-0.2, 0) is 0 Å². The number of amides is 1. The fourth-order valence-electron chi connectivity index (χ4n) is 1.61. The molecule has 0 aromatic heterocycles. The van der Waals surface area contributed by atoms with Crippen LogP contribution in [0.4, 0.5) is 0 Å². The average Bonchev–Trinajstić information content (AvgIpc) is 2.37. The van der Waals surface area contributed by atoms with Gasteiger partial charge in [-0.1, -0.05) is 35.1 Å². The van der Waals surface area contributed by atoms with E-state index in [9.17, 15) is 4.79 Å². The topological polar surface area (TPSA) is 46.3 Å². The van der Waals surface area contributed by atoms with Crippen molar-refractivity contribution in [3.05, 3.63) is 31.8 Å². The molecular weight excluding hydrogens is 439 g/mol. The van der Waals surface area contributed by atoms with Gasteiger partial charge in [-0.3, -0.25) is 4.79 Å². The van der Waals surface area contributed by atoms with Gasteiger partial charge in [0.1, 0.15) is 0 Å². The van der Waals surface area contributed by atoms with E-state index in [-0.39, 0.29) is 11.8 Å². The first-order valence-corrected chi connectivity index (χ1v) is 8.18. The van der Waals surface area contributed by atoms with Gasteiger partial charge in [-0.25, -0.2) is 0 Å². The highest BCUT2D eigenvalue weighted by Crippen LogP contribution is 2.20. The predicted octanol–water partition coefficient (Wildman–Crippen LogP) is 3.44. The van der Waals surface area contributed by atoms with Crippen LogP contribution < -0.4 is 5.73 Å². The zero-order valence-corrected chi connectivity index (χ0v) is 15.4. The summed E-state index contributed by atoms with van der Waals surface area (Å²) >= 11 is 10.5. The molecule has 1 unspecified atom stereocenters. The minimum atomic E-state index is 0.0105. The summed E-state index contributed by atoms with van der Waals surface area (Å²) in [5.41, 5.74) is 6.32. The second-order valence-corrected chi connectivity index (χ2v) is 6.82. The molecule has 19 heavy (non-hydrogen) atoms. The van der Waals surface area contributed by atoms with Crippen molar-refractivity contribution in [1.82, 2.24) is 4.90 Å². The van der Waals surface area contributed by atoms with E-state index in [1.165, 1.54) is 0 Å². The van der Waals surface area contributed by atoms with E-state index >= 15 is 0 Å². The van der Waals surface area contributed by atoms with Crippen molar-refractivity contribution in [2.45, 2.75) is 13.8 Å². The lowest BCUT2D eigenvalue weighted by Crippen LogP contribution is -2.38. The molecule has 0 aliphatic carbocycles. The van der Waals surface area contributed by atoms with Crippen LogP contribution in [0.1, 0.15) is 24.2 Å². The number of halogens is 2. The molecule has 3 nitrogen and oxygen atoms in total. The van der Waals surface area contributed by atoms with E-state index in [2.05, 4.69) is 38.5 Å². The summed E-state index contributed by atoms with van der Waals surface area (Å²) in [5.74, 6) is 0.0278. The van der Waals surface area contributed by atoms with Gasteiger partial charge in [0.2, 0.25) is 0 Å². The van der Waals surface area contributed by atoms with Crippen LogP contribution in [0, 0.1) is 9.49 Å². The number of benzene rings is 1. The van der Waals surface area contributed by atoms with Crippen LogP contribution in [0.3, 0.4) is 0 Å². The van der Waals surface area contributed by atoms with Gasteiger partial charge < -0.3 is 10.6 Å². The lowest BCUT2D eigenvalue weighted by molar-refractivity contribution is 0.0754. The fraction of sp³-hybridized carbons (Fsp3) is 0.385. The van der Waals surface area contributed by atoms with Crippen LogP contribution in [0.25, 0.3) is 0 Å². The van der Waals surface area contributed by atoms with Gasteiger partial charge in [-0.05, 0) is 47.7 Å². The first-order chi connectivity index (χ1) is 8.86. The quantitative estimate of drug-likeness (QED) is 0.547. The standard InChI is InChI=1S/C13H16BrIN2OS/c1-3-17(7-8(2)12(16)19)13(18)10-6-9(14)4-5-11(10)15/h4-6,8H,3,7H2,1-2H3,(H2,16,19). The molecule has 1 aromatic carbocycles. The molecule has 0 saturated carbocycles. The monoisotopic (exact) mass is 454 g/mol. The first-order valence-electron chi connectivity index (χ1n) is 5.90. The highest BCUT2D eigenvalue weighted by atomic mass is 127. The van der Waals surface area contributed by atoms with Gasteiger partial charge in [0.25, 0.3) is 5.91 Å². The number of carbonyl (C=O) groups excluding carboxylic acids is 1. The van der Waals surface area contributed by atoms with Crippen molar-refractivity contribution in [3.63, 3.8) is 0 Å². The van der Waals surface area contributed by atoms with Crippen molar-refractivity contribution in [2.24, 2.45) is 11.7 Å². The maximum Gasteiger partial charge on any atom is 0.254 e. The van der Waals surface area contributed by atoms with Crippen molar-refractivity contribution in [2.75, 3.05) is 13.1 Å². The summed E-state index contributed by atoms with van der Waals surface area (Å²) in [4.78, 5) is 14.7. The molecule has 1 amide bonds. The summed E-state index contributed by atoms with van der Waals surface area (Å²) in [6.07, 6.45) is 0. The Kier molecular flexibility index (Phi) is 6.68. The van der Waals surface area contributed by atoms with E-state index < -0.39 is 0 Å². The number of nitrogens with zero attached hydrogens (tertiary/aromatic N) is 1. The third-order valence-electron chi connectivity index (χ3n) is 2.81. The number of thiocarbonyl (C=S) groups is 1. The molecule has 0 bridgehead atoms. The first kappa shape index (κ1) is 16.8. The van der Waals surface area contributed by atoms with Gasteiger partial charge in [-0.15, -0.1) is 0 Å². The Hall–Kier alpha value is -0.210. The second kappa shape index (κ2) is 7.54. The molecule has 1 aromatic rings. The maximum atomic E-state index is 12.5. The fourth-order valence-corrected chi connectivity index (χ4v) is 2.61. The zero-order chi connectivity index (χ0) is 14.6. The average molecular weight is 455 g/mol. The molecule has 104 valence electrons. The van der Waals surface area contributed by atoms with Gasteiger partial charge in [0.05, 0.1) is 10.6 Å². The van der Waals surface area contributed by atoms with E-state index in [0.29, 0.717) is 23.6 Å². The van der Waals surface area contributed by atoms with E-state index in [1.807, 2.05) is 32.0 Å². The van der Waals surface area contributed by atoms with Crippen molar-refractivity contribution in [1.29, 1.82) is 0 Å². The molecular formula is C13H16BrIN2OS. The Bertz CT molecular complexity index is 496. The highest BCUT2D eigenvalue weighted by Gasteiger charge is 2.20. The summed E-state index contributed by atoms with van der Waals surface area (Å²) in [6.45, 7) is 5.07. The molecule has 1 rings (SSSR count). The molecule has 0 aliphatic heterocycles. The molecule has 0 fully saturated rings. The van der Waals surface area contributed by atoms with Gasteiger partial charge in [-0.2, -0.15) is 0 Å². The molecule has 0 heterocycles. The lowest BCUT2D eigenvalue weighted by atomic mass is 10.1. The van der Waals surface area contributed by atoms with Crippen LogP contribution in [0.2, 0.25) is 0 Å². The number of hydrogen-bond donors (Lipinski definition) is 1. The van der Waals surface area contributed by atoms with E-state index in [1.54, 1.807) is 4.90 Å². The smallest absolute Gasteiger partial charge is 0.254 e. The predicted molar refractivity (Wildman–Crippen MR) is 94.4 cm³/mol. The molecule has 1 atom stereocenters. The highest BCUT2D eigenvalue weighted by molar-refractivity contribution is 14.1. The maximum absolute atomic E-state index is 12.5. The summed E-state index contributed by atoms with van der Waals surface area (Å²) in [6, 6.07) is 5.69. The largest absolute Gasteiger partial charge is 0.393 e. The van der Waals surface area contributed by atoms with Crippen LogP contribution in [-0.4, -0.2) is 28.9 Å². The molecule has 0 aliphatic rings. The van der Waals surface area contributed by atoms with Gasteiger partial charge in [0.15, 0.2) is 0 Å². The van der Waals surface area contributed by atoms with Crippen LogP contribution in [0.15, 0.2) is 22.7 Å². The van der Waals surface area contributed by atoms with Crippen molar-refractivity contribution >= 4 is 61.6 Å². The van der Waals surface area contributed by atoms with Gasteiger partial charge in [0, 0.05) is 27.1 Å². The lowest BCUT2D eigenvalue weighted by Gasteiger charge is -2.24. The Morgan fingerprint density at radius 2 is 2.21 bits per heavy atom. The third-order valence-corrected chi connectivity index (χ3v) is 4.64. The van der Waals surface area contributed by atoms with Crippen LogP contribution >= 0.6 is 50.7 Å². The Morgan fingerprint density at radius 3 is 2.74 bits per heavy atom. The Balaban J connectivity index is 2.95. The van der Waals surface area contributed by atoms with E-state index in [4.69, 9.17) is 18.0 Å². The summed E-state index contributed by atoms with van der Waals surface area (Å²) in [7, 11) is 0. The molecule has 0 saturated heterocycles. The van der Waals surface area contributed by atoms with E-state index in [0.717, 1.165) is 8.04 Å². The van der Waals surface area contributed by atoms with Crippen LogP contribution in [0.5, 0.6) is 0 Å². The van der Waals surface area contributed by atoms with Crippen molar-refractivity contribution < 1.29 is 4.79 Å². The molecule has 0 radical (unpaired) electrons. The normalized spacial score (nSPS) is 12.0. The SMILES string of the molecule is CCN(CC(C)C(N)=S)C(=O)c1cc(Br)ccc1I. The minimum absolute atomic E-state index is 0.0105. The summed E-state index contributed by atoms with van der Waals surface area (Å²) < 4.78 is 1.84. The number of rotatable bonds is 5. The minimum Gasteiger partial charge on any atom is -0.393 e. The molecule has 0 spiro atoms. The zero-order valence-electron chi connectivity index (χ0n) is 10.8. The number of hydrogen-bond acceptors (Lipinski definition) is 2. The third kappa shape index (κ3) is 4.68.